The van der Waals surface area contributed by atoms with E-state index in [-0.39, 0.29) is 26.2 Å². The van der Waals surface area contributed by atoms with Crippen LogP contribution in [0.2, 0.25) is 0 Å². The van der Waals surface area contributed by atoms with E-state index in [0.717, 1.165) is 0 Å². The number of hydrogen-bond acceptors (Lipinski definition) is 5. The fraction of sp³-hybridized carbons (Fsp3) is 0.778. The molecule has 7 heteroatoms. The van der Waals surface area contributed by atoms with Gasteiger partial charge in [-0.15, -0.1) is 0 Å². The van der Waals surface area contributed by atoms with Gasteiger partial charge in [0.15, 0.2) is 5.92 Å². The van der Waals surface area contributed by atoms with E-state index in [1.54, 1.807) is 13.8 Å². The Labute approximate surface area is 93.3 Å². The van der Waals surface area contributed by atoms with E-state index in [1.165, 1.54) is 0 Å². The molecule has 0 amide bonds. The van der Waals surface area contributed by atoms with Crippen LogP contribution in [-0.2, 0) is 19.1 Å². The molecule has 0 saturated heterocycles. The first kappa shape index (κ1) is 14.2. The molecule has 16 heavy (non-hydrogen) atoms. The highest BCUT2D eigenvalue weighted by atomic mass is 16.6. The molecule has 0 spiro atoms. The molecule has 90 valence electrons. The third kappa shape index (κ3) is 5.21. The molecule has 0 aromatic rings. The molecule has 0 bridgehead atoms. The Balaban J connectivity index is 4.42. The average Bonchev–Trinajstić information content (AvgIpc) is 2.25. The summed E-state index contributed by atoms with van der Waals surface area (Å²) in [6, 6.07) is 0. The summed E-state index contributed by atoms with van der Waals surface area (Å²) < 4.78 is 9.46. The lowest BCUT2D eigenvalue weighted by molar-refractivity contribution is -0.161. The summed E-state index contributed by atoms with van der Waals surface area (Å²) in [7, 11) is 0. The second kappa shape index (κ2) is 8.55. The largest absolute Gasteiger partial charge is 0.465 e. The van der Waals surface area contributed by atoms with Crippen molar-refractivity contribution < 1.29 is 19.1 Å². The quantitative estimate of drug-likeness (QED) is 0.216. The van der Waals surface area contributed by atoms with E-state index in [1.807, 2.05) is 0 Å². The molecule has 0 rings (SSSR count). The zero-order valence-corrected chi connectivity index (χ0v) is 9.38. The maximum Gasteiger partial charge on any atom is 0.320 e. The number of azide groups is 1. The second-order valence-electron chi connectivity index (χ2n) is 2.80. The van der Waals surface area contributed by atoms with Crippen LogP contribution in [0.4, 0.5) is 0 Å². The van der Waals surface area contributed by atoms with Crippen LogP contribution in [-0.4, -0.2) is 31.7 Å². The normalized spacial score (nSPS) is 9.44. The summed E-state index contributed by atoms with van der Waals surface area (Å²) in [6.45, 7) is 3.73. The van der Waals surface area contributed by atoms with Gasteiger partial charge in [-0.1, -0.05) is 5.11 Å². The van der Waals surface area contributed by atoms with Crippen molar-refractivity contribution in [3.8, 4) is 0 Å². The summed E-state index contributed by atoms with van der Waals surface area (Å²) in [6.07, 6.45) is 0.0989. The van der Waals surface area contributed by atoms with Gasteiger partial charge < -0.3 is 9.47 Å². The monoisotopic (exact) mass is 229 g/mol. The van der Waals surface area contributed by atoms with Gasteiger partial charge in [-0.3, -0.25) is 9.59 Å². The summed E-state index contributed by atoms with van der Waals surface area (Å²) in [5.74, 6) is -2.30. The lowest BCUT2D eigenvalue weighted by atomic mass is 10.1. The third-order valence-electron chi connectivity index (χ3n) is 1.72. The number of esters is 2. The van der Waals surface area contributed by atoms with Gasteiger partial charge in [0.05, 0.1) is 13.2 Å². The highest BCUT2D eigenvalue weighted by molar-refractivity contribution is 5.94. The fourth-order valence-electron chi connectivity index (χ4n) is 1.05. The van der Waals surface area contributed by atoms with Crippen LogP contribution >= 0.6 is 0 Å². The molecule has 0 fully saturated rings. The molecule has 0 atom stereocenters. The first-order valence-corrected chi connectivity index (χ1v) is 5.01. The Morgan fingerprint density at radius 3 is 2.12 bits per heavy atom. The number of carbonyl (C=O) groups is 2. The number of rotatable bonds is 7. The fourth-order valence-corrected chi connectivity index (χ4v) is 1.05. The summed E-state index contributed by atoms with van der Waals surface area (Å²) in [5.41, 5.74) is 8.09. The molecule has 0 aromatic heterocycles. The molecule has 0 radical (unpaired) electrons. The topological polar surface area (TPSA) is 101 Å². The summed E-state index contributed by atoms with van der Waals surface area (Å²) in [5, 5.41) is 3.26. The Bertz CT molecular complexity index is 268. The van der Waals surface area contributed by atoms with Crippen LogP contribution < -0.4 is 0 Å². The van der Waals surface area contributed by atoms with E-state index < -0.39 is 17.9 Å². The maximum absolute atomic E-state index is 11.4. The third-order valence-corrected chi connectivity index (χ3v) is 1.72. The van der Waals surface area contributed by atoms with Crippen LogP contribution in [0.3, 0.4) is 0 Å². The van der Waals surface area contributed by atoms with E-state index >= 15 is 0 Å². The molecular weight excluding hydrogens is 214 g/mol. The SMILES string of the molecule is CCOC(=O)C(CCN=[N+]=[N-])C(=O)OCC. The number of nitrogens with zero attached hydrogens (tertiary/aromatic N) is 3. The van der Waals surface area contributed by atoms with Crippen LogP contribution in [0.15, 0.2) is 5.11 Å². The van der Waals surface area contributed by atoms with Crippen molar-refractivity contribution in [3.63, 3.8) is 0 Å². The van der Waals surface area contributed by atoms with Crippen molar-refractivity contribution >= 4 is 11.9 Å². The van der Waals surface area contributed by atoms with Crippen LogP contribution in [0.5, 0.6) is 0 Å². The molecule has 0 unspecified atom stereocenters. The van der Waals surface area contributed by atoms with Gasteiger partial charge in [-0.2, -0.15) is 0 Å². The van der Waals surface area contributed by atoms with Gasteiger partial charge in [-0.05, 0) is 25.8 Å². The lowest BCUT2D eigenvalue weighted by Crippen LogP contribution is -2.28. The standard InChI is InChI=1S/C9H15N3O4/c1-3-15-8(13)7(5-6-11-12-10)9(14)16-4-2/h7H,3-6H2,1-2H3. The first-order chi connectivity index (χ1) is 7.67. The van der Waals surface area contributed by atoms with Crippen molar-refractivity contribution in [1.82, 2.24) is 0 Å². The lowest BCUT2D eigenvalue weighted by Gasteiger charge is -2.12. The molecule has 0 saturated carbocycles. The smallest absolute Gasteiger partial charge is 0.320 e. The Kier molecular flexibility index (Phi) is 7.61. The summed E-state index contributed by atoms with van der Waals surface area (Å²) in [4.78, 5) is 25.3. The van der Waals surface area contributed by atoms with Crippen LogP contribution in [0.1, 0.15) is 20.3 Å². The van der Waals surface area contributed by atoms with Gasteiger partial charge in [0.1, 0.15) is 0 Å². The Morgan fingerprint density at radius 1 is 1.25 bits per heavy atom. The molecule has 7 nitrogen and oxygen atoms in total. The summed E-state index contributed by atoms with van der Waals surface area (Å²) >= 11 is 0. The zero-order chi connectivity index (χ0) is 12.4. The minimum absolute atomic E-state index is 0.0544. The molecule has 0 N–H and O–H groups in total. The van der Waals surface area contributed by atoms with E-state index in [0.29, 0.717) is 0 Å². The van der Waals surface area contributed by atoms with Gasteiger partial charge in [0.25, 0.3) is 0 Å². The zero-order valence-electron chi connectivity index (χ0n) is 9.38. The minimum atomic E-state index is -1.01. The molecule has 0 aliphatic carbocycles. The van der Waals surface area contributed by atoms with Gasteiger partial charge in [0, 0.05) is 11.5 Å². The molecule has 0 heterocycles. The predicted molar refractivity (Wildman–Crippen MR) is 55.4 cm³/mol. The van der Waals surface area contributed by atoms with Crippen LogP contribution in [0.25, 0.3) is 10.4 Å². The van der Waals surface area contributed by atoms with Crippen molar-refractivity contribution in [2.24, 2.45) is 11.0 Å². The number of ether oxygens (including phenoxy) is 2. The van der Waals surface area contributed by atoms with Crippen LogP contribution in [0, 0.1) is 5.92 Å². The Hall–Kier alpha value is -1.75. The highest BCUT2D eigenvalue weighted by Crippen LogP contribution is 2.09. The number of carbonyl (C=O) groups excluding carboxylic acids is 2. The minimum Gasteiger partial charge on any atom is -0.465 e. The van der Waals surface area contributed by atoms with Gasteiger partial charge >= 0.3 is 11.9 Å². The van der Waals surface area contributed by atoms with Crippen molar-refractivity contribution in [2.75, 3.05) is 19.8 Å². The predicted octanol–water partition coefficient (Wildman–Crippen LogP) is 1.43. The Morgan fingerprint density at radius 2 is 1.75 bits per heavy atom. The van der Waals surface area contributed by atoms with E-state index in [2.05, 4.69) is 10.0 Å². The van der Waals surface area contributed by atoms with Crippen molar-refractivity contribution in [1.29, 1.82) is 0 Å². The van der Waals surface area contributed by atoms with Crippen molar-refractivity contribution in [2.45, 2.75) is 20.3 Å². The van der Waals surface area contributed by atoms with E-state index in [4.69, 9.17) is 15.0 Å². The molecule has 0 aliphatic rings. The van der Waals surface area contributed by atoms with E-state index in [9.17, 15) is 9.59 Å². The average molecular weight is 229 g/mol. The molecule has 0 aliphatic heterocycles. The first-order valence-electron chi connectivity index (χ1n) is 5.01. The van der Waals surface area contributed by atoms with Gasteiger partial charge in [-0.25, -0.2) is 0 Å². The number of hydrogen-bond donors (Lipinski definition) is 0. The molecular formula is C9H15N3O4. The highest BCUT2D eigenvalue weighted by Gasteiger charge is 2.28. The van der Waals surface area contributed by atoms with Crippen molar-refractivity contribution in [3.05, 3.63) is 10.4 Å². The molecule has 0 aromatic carbocycles. The second-order valence-corrected chi connectivity index (χ2v) is 2.80. The maximum atomic E-state index is 11.4. The van der Waals surface area contributed by atoms with Gasteiger partial charge in [0.2, 0.25) is 0 Å².